The SMILES string of the molecule is O=C1NC(=O)C(CCC(=O)N2CCN(S(=O)(=O)Cc3ccccc3)CC2)N1. The lowest BCUT2D eigenvalue weighted by Gasteiger charge is -2.34. The van der Waals surface area contributed by atoms with Crippen molar-refractivity contribution in [1.82, 2.24) is 19.8 Å². The highest BCUT2D eigenvalue weighted by atomic mass is 32.2. The number of nitrogens with one attached hydrogen (secondary N) is 2. The summed E-state index contributed by atoms with van der Waals surface area (Å²) < 4.78 is 26.5. The van der Waals surface area contributed by atoms with Crippen molar-refractivity contribution in [1.29, 1.82) is 0 Å². The number of rotatable bonds is 6. The van der Waals surface area contributed by atoms with Gasteiger partial charge < -0.3 is 10.2 Å². The fourth-order valence-corrected chi connectivity index (χ4v) is 4.70. The molecule has 2 aliphatic heterocycles. The fourth-order valence-electron chi connectivity index (χ4n) is 3.18. The molecule has 1 aromatic rings. The van der Waals surface area contributed by atoms with Crippen LogP contribution >= 0.6 is 0 Å². The quantitative estimate of drug-likeness (QED) is 0.640. The summed E-state index contributed by atoms with van der Waals surface area (Å²) in [7, 11) is -3.43. The average Bonchev–Trinajstić information content (AvgIpc) is 2.97. The Labute approximate surface area is 157 Å². The van der Waals surface area contributed by atoms with Gasteiger partial charge in [0.15, 0.2) is 0 Å². The van der Waals surface area contributed by atoms with E-state index in [1.165, 1.54) is 4.31 Å². The zero-order valence-corrected chi connectivity index (χ0v) is 15.6. The van der Waals surface area contributed by atoms with Gasteiger partial charge in [-0.3, -0.25) is 14.9 Å². The van der Waals surface area contributed by atoms with Gasteiger partial charge in [0.25, 0.3) is 5.91 Å². The van der Waals surface area contributed by atoms with Gasteiger partial charge in [-0.05, 0) is 12.0 Å². The van der Waals surface area contributed by atoms with Crippen molar-refractivity contribution in [2.75, 3.05) is 26.2 Å². The number of hydrogen-bond donors (Lipinski definition) is 2. The van der Waals surface area contributed by atoms with Gasteiger partial charge in [-0.2, -0.15) is 4.31 Å². The van der Waals surface area contributed by atoms with E-state index in [9.17, 15) is 22.8 Å². The number of nitrogens with zero attached hydrogens (tertiary/aromatic N) is 2. The van der Waals surface area contributed by atoms with Crippen molar-refractivity contribution in [3.05, 3.63) is 35.9 Å². The van der Waals surface area contributed by atoms with Crippen molar-refractivity contribution in [2.24, 2.45) is 0 Å². The largest absolute Gasteiger partial charge is 0.340 e. The molecule has 2 heterocycles. The van der Waals surface area contributed by atoms with E-state index in [1.807, 2.05) is 6.07 Å². The van der Waals surface area contributed by atoms with Gasteiger partial charge in [0, 0.05) is 32.6 Å². The van der Waals surface area contributed by atoms with Gasteiger partial charge in [0.2, 0.25) is 15.9 Å². The van der Waals surface area contributed by atoms with Gasteiger partial charge in [-0.15, -0.1) is 0 Å². The van der Waals surface area contributed by atoms with E-state index in [4.69, 9.17) is 0 Å². The molecule has 2 saturated heterocycles. The van der Waals surface area contributed by atoms with Crippen LogP contribution in [-0.4, -0.2) is 67.7 Å². The molecule has 0 spiro atoms. The van der Waals surface area contributed by atoms with Crippen molar-refractivity contribution in [2.45, 2.75) is 24.6 Å². The molecule has 10 heteroatoms. The Hall–Kier alpha value is -2.46. The van der Waals surface area contributed by atoms with Gasteiger partial charge in [-0.25, -0.2) is 13.2 Å². The van der Waals surface area contributed by atoms with Gasteiger partial charge in [0.1, 0.15) is 6.04 Å². The van der Waals surface area contributed by atoms with Crippen LogP contribution in [0.1, 0.15) is 18.4 Å². The van der Waals surface area contributed by atoms with Crippen LogP contribution in [-0.2, 0) is 25.4 Å². The van der Waals surface area contributed by atoms with E-state index in [1.54, 1.807) is 29.2 Å². The summed E-state index contributed by atoms with van der Waals surface area (Å²) >= 11 is 0. The number of hydrogen-bond acceptors (Lipinski definition) is 5. The van der Waals surface area contributed by atoms with E-state index in [-0.39, 0.29) is 37.6 Å². The van der Waals surface area contributed by atoms with Crippen LogP contribution in [0.4, 0.5) is 4.79 Å². The first kappa shape index (κ1) is 19.3. The molecule has 9 nitrogen and oxygen atoms in total. The molecule has 0 bridgehead atoms. The van der Waals surface area contributed by atoms with E-state index in [2.05, 4.69) is 10.6 Å². The molecule has 3 rings (SSSR count). The molecule has 0 saturated carbocycles. The lowest BCUT2D eigenvalue weighted by Crippen LogP contribution is -2.51. The lowest BCUT2D eigenvalue weighted by atomic mass is 10.1. The first-order valence-electron chi connectivity index (χ1n) is 8.76. The molecule has 1 unspecified atom stereocenters. The van der Waals surface area contributed by atoms with Crippen LogP contribution in [0.15, 0.2) is 30.3 Å². The lowest BCUT2D eigenvalue weighted by molar-refractivity contribution is -0.132. The highest BCUT2D eigenvalue weighted by Gasteiger charge is 2.32. The Morgan fingerprint density at radius 2 is 1.74 bits per heavy atom. The smallest absolute Gasteiger partial charge is 0.322 e. The number of sulfonamides is 1. The highest BCUT2D eigenvalue weighted by molar-refractivity contribution is 7.88. The van der Waals surface area contributed by atoms with Crippen LogP contribution in [0.2, 0.25) is 0 Å². The van der Waals surface area contributed by atoms with E-state index in [0.717, 1.165) is 5.56 Å². The average molecular weight is 394 g/mol. The van der Waals surface area contributed by atoms with Crippen LogP contribution in [0.5, 0.6) is 0 Å². The van der Waals surface area contributed by atoms with E-state index in [0.29, 0.717) is 13.1 Å². The van der Waals surface area contributed by atoms with Crippen LogP contribution in [0, 0.1) is 0 Å². The Morgan fingerprint density at radius 3 is 2.33 bits per heavy atom. The van der Waals surface area contributed by atoms with Gasteiger partial charge >= 0.3 is 6.03 Å². The molecule has 146 valence electrons. The predicted octanol–water partition coefficient (Wildman–Crippen LogP) is -0.351. The third kappa shape index (κ3) is 4.83. The monoisotopic (exact) mass is 394 g/mol. The summed E-state index contributed by atoms with van der Waals surface area (Å²) in [5.74, 6) is -0.633. The van der Waals surface area contributed by atoms with E-state index < -0.39 is 28.0 Å². The molecular formula is C17H22N4O5S. The van der Waals surface area contributed by atoms with Crippen LogP contribution in [0.3, 0.4) is 0 Å². The summed E-state index contributed by atoms with van der Waals surface area (Å²) in [6.07, 6.45) is 0.345. The molecule has 2 aliphatic rings. The molecule has 0 aliphatic carbocycles. The Bertz CT molecular complexity index is 819. The number of carbonyl (C=O) groups is 3. The zero-order chi connectivity index (χ0) is 19.4. The Balaban J connectivity index is 1.47. The minimum Gasteiger partial charge on any atom is -0.340 e. The second kappa shape index (κ2) is 8.05. The molecule has 27 heavy (non-hydrogen) atoms. The molecule has 0 radical (unpaired) electrons. The Morgan fingerprint density at radius 1 is 1.07 bits per heavy atom. The summed E-state index contributed by atoms with van der Waals surface area (Å²) in [6, 6.07) is 7.75. The highest BCUT2D eigenvalue weighted by Crippen LogP contribution is 2.15. The maximum Gasteiger partial charge on any atom is 0.322 e. The second-order valence-corrected chi connectivity index (χ2v) is 8.54. The minimum atomic E-state index is -3.43. The van der Waals surface area contributed by atoms with Crippen LogP contribution in [0.25, 0.3) is 0 Å². The molecule has 4 amide bonds. The predicted molar refractivity (Wildman–Crippen MR) is 96.9 cm³/mol. The molecule has 2 fully saturated rings. The number of carbonyl (C=O) groups excluding carboxylic acids is 3. The first-order valence-corrected chi connectivity index (χ1v) is 10.4. The summed E-state index contributed by atoms with van der Waals surface area (Å²) in [5, 5.41) is 4.58. The van der Waals surface area contributed by atoms with Crippen molar-refractivity contribution >= 4 is 27.9 Å². The summed E-state index contributed by atoms with van der Waals surface area (Å²) in [5.41, 5.74) is 0.730. The van der Waals surface area contributed by atoms with Gasteiger partial charge in [-0.1, -0.05) is 30.3 Å². The standard InChI is InChI=1S/C17H22N4O5S/c22-15(7-6-14-16(23)19-17(24)18-14)20-8-10-21(11-9-20)27(25,26)12-13-4-2-1-3-5-13/h1-5,14H,6-12H2,(H2,18,19,23,24). The maximum absolute atomic E-state index is 12.5. The number of piperazine rings is 1. The number of benzene rings is 1. The number of amides is 4. The van der Waals surface area contributed by atoms with Crippen molar-refractivity contribution in [3.8, 4) is 0 Å². The minimum absolute atomic E-state index is 0.0573. The normalized spacial score (nSPS) is 21.0. The first-order chi connectivity index (χ1) is 12.8. The number of urea groups is 1. The third-order valence-corrected chi connectivity index (χ3v) is 6.53. The molecule has 1 aromatic carbocycles. The van der Waals surface area contributed by atoms with E-state index >= 15 is 0 Å². The molecule has 1 atom stereocenters. The fraction of sp³-hybridized carbons (Fsp3) is 0.471. The van der Waals surface area contributed by atoms with Gasteiger partial charge in [0.05, 0.1) is 5.75 Å². The molecular weight excluding hydrogens is 372 g/mol. The maximum atomic E-state index is 12.5. The second-order valence-electron chi connectivity index (χ2n) is 6.58. The zero-order valence-electron chi connectivity index (χ0n) is 14.8. The molecule has 2 N–H and O–H groups in total. The van der Waals surface area contributed by atoms with Crippen molar-refractivity contribution < 1.29 is 22.8 Å². The molecule has 0 aromatic heterocycles. The summed E-state index contributed by atoms with van der Waals surface area (Å²) in [6.45, 7) is 1.13. The number of imide groups is 1. The van der Waals surface area contributed by atoms with Crippen LogP contribution < -0.4 is 10.6 Å². The topological polar surface area (TPSA) is 116 Å². The van der Waals surface area contributed by atoms with Crippen molar-refractivity contribution in [3.63, 3.8) is 0 Å². The summed E-state index contributed by atoms with van der Waals surface area (Å²) in [4.78, 5) is 36.5. The Kier molecular flexibility index (Phi) is 5.76. The third-order valence-electron chi connectivity index (χ3n) is 4.68.